The average molecular weight is 230 g/mol. The van der Waals surface area contributed by atoms with E-state index in [0.29, 0.717) is 10.0 Å². The lowest BCUT2D eigenvalue weighted by Crippen LogP contribution is -1.74. The van der Waals surface area contributed by atoms with Crippen molar-refractivity contribution in [2.75, 3.05) is 0 Å². The van der Waals surface area contributed by atoms with Gasteiger partial charge in [-0.1, -0.05) is 29.3 Å². The Bertz CT molecular complexity index is 412. The van der Waals surface area contributed by atoms with Gasteiger partial charge in [0, 0.05) is 16.8 Å². The third-order valence-electron chi connectivity index (χ3n) is 1.63. The number of nitrogens with zero attached hydrogens (tertiary/aromatic N) is 1. The highest BCUT2D eigenvalue weighted by atomic mass is 35.5. The van der Waals surface area contributed by atoms with Crippen LogP contribution in [0.25, 0.3) is 10.4 Å². The predicted octanol–water partition coefficient (Wildman–Crippen LogP) is 4.12. The van der Waals surface area contributed by atoms with Gasteiger partial charge in [0.05, 0.1) is 9.90 Å². The first-order valence-electron chi connectivity index (χ1n) is 3.63. The molecule has 66 valence electrons. The summed E-state index contributed by atoms with van der Waals surface area (Å²) in [5.74, 6) is 0. The first-order chi connectivity index (χ1) is 6.27. The van der Waals surface area contributed by atoms with E-state index in [4.69, 9.17) is 23.2 Å². The Morgan fingerprint density at radius 1 is 1.15 bits per heavy atom. The third-order valence-corrected chi connectivity index (χ3v) is 2.96. The second kappa shape index (κ2) is 3.66. The smallest absolute Gasteiger partial charge is 0.0564 e. The summed E-state index contributed by atoms with van der Waals surface area (Å²) in [7, 11) is 0. The van der Waals surface area contributed by atoms with Crippen LogP contribution in [0.3, 0.4) is 0 Å². The van der Waals surface area contributed by atoms with Crippen molar-refractivity contribution in [3.05, 3.63) is 40.5 Å². The lowest BCUT2D eigenvalue weighted by atomic mass is 10.2. The summed E-state index contributed by atoms with van der Waals surface area (Å²) < 4.78 is 4.01. The van der Waals surface area contributed by atoms with E-state index in [1.165, 1.54) is 11.5 Å². The van der Waals surface area contributed by atoms with Gasteiger partial charge in [-0.25, -0.2) is 4.37 Å². The van der Waals surface area contributed by atoms with Gasteiger partial charge in [-0.05, 0) is 29.7 Å². The molecule has 2 aromatic rings. The third kappa shape index (κ3) is 1.85. The molecule has 0 aliphatic carbocycles. The first-order valence-corrected chi connectivity index (χ1v) is 5.16. The van der Waals surface area contributed by atoms with Crippen LogP contribution in [-0.2, 0) is 0 Å². The van der Waals surface area contributed by atoms with Gasteiger partial charge < -0.3 is 0 Å². The fraction of sp³-hybridized carbons (Fsp3) is 0. The molecule has 0 saturated carbocycles. The minimum Gasteiger partial charge on any atom is -0.201 e. The van der Waals surface area contributed by atoms with Crippen molar-refractivity contribution in [3.8, 4) is 10.4 Å². The Morgan fingerprint density at radius 2 is 2.00 bits per heavy atom. The molecule has 0 fully saturated rings. The molecule has 1 aromatic carbocycles. The van der Waals surface area contributed by atoms with Gasteiger partial charge in [0.2, 0.25) is 0 Å². The van der Waals surface area contributed by atoms with Gasteiger partial charge in [-0.2, -0.15) is 0 Å². The minimum absolute atomic E-state index is 0.651. The molecule has 0 radical (unpaired) electrons. The summed E-state index contributed by atoms with van der Waals surface area (Å²) in [5.41, 5.74) is 0.980. The van der Waals surface area contributed by atoms with Crippen molar-refractivity contribution in [1.29, 1.82) is 0 Å². The normalized spacial score (nSPS) is 10.3. The molecule has 0 aliphatic heterocycles. The molecule has 1 aromatic heterocycles. The zero-order valence-electron chi connectivity index (χ0n) is 6.50. The van der Waals surface area contributed by atoms with E-state index in [9.17, 15) is 0 Å². The highest BCUT2D eigenvalue weighted by molar-refractivity contribution is 7.09. The number of hydrogen-bond acceptors (Lipinski definition) is 2. The van der Waals surface area contributed by atoms with Crippen molar-refractivity contribution in [3.63, 3.8) is 0 Å². The molecule has 2 rings (SSSR count). The van der Waals surface area contributed by atoms with Crippen molar-refractivity contribution in [1.82, 2.24) is 4.37 Å². The Kier molecular flexibility index (Phi) is 2.54. The van der Waals surface area contributed by atoms with Gasteiger partial charge >= 0.3 is 0 Å². The minimum atomic E-state index is 0.651. The molecule has 0 saturated heterocycles. The van der Waals surface area contributed by atoms with Crippen molar-refractivity contribution >= 4 is 34.7 Å². The second-order valence-electron chi connectivity index (χ2n) is 2.50. The van der Waals surface area contributed by atoms with E-state index in [0.717, 1.165) is 10.4 Å². The van der Waals surface area contributed by atoms with Crippen molar-refractivity contribution in [2.24, 2.45) is 0 Å². The Hall–Kier alpha value is -0.570. The molecule has 1 nitrogen and oxygen atoms in total. The van der Waals surface area contributed by atoms with Crippen LogP contribution < -0.4 is 0 Å². The molecule has 0 spiro atoms. The quantitative estimate of drug-likeness (QED) is 0.718. The van der Waals surface area contributed by atoms with Crippen molar-refractivity contribution < 1.29 is 0 Å². The van der Waals surface area contributed by atoms with Crippen LogP contribution in [-0.4, -0.2) is 4.37 Å². The number of aromatic nitrogens is 1. The van der Waals surface area contributed by atoms with Gasteiger partial charge in [-0.15, -0.1) is 0 Å². The Balaban J connectivity index is 2.53. The molecule has 0 amide bonds. The van der Waals surface area contributed by atoms with E-state index in [1.54, 1.807) is 12.3 Å². The SMILES string of the molecule is Clc1ccc(-c2ccns2)c(Cl)c1. The van der Waals surface area contributed by atoms with Gasteiger partial charge in [0.1, 0.15) is 0 Å². The van der Waals surface area contributed by atoms with Gasteiger partial charge in [0.25, 0.3) is 0 Å². The maximum absolute atomic E-state index is 6.02. The highest BCUT2D eigenvalue weighted by Gasteiger charge is 2.04. The van der Waals surface area contributed by atoms with Crippen LogP contribution in [0, 0.1) is 0 Å². The number of hydrogen-bond donors (Lipinski definition) is 0. The zero-order chi connectivity index (χ0) is 9.26. The van der Waals surface area contributed by atoms with E-state index >= 15 is 0 Å². The molecule has 4 heteroatoms. The Morgan fingerprint density at radius 3 is 2.62 bits per heavy atom. The van der Waals surface area contributed by atoms with Crippen LogP contribution >= 0.6 is 34.7 Å². The molecule has 1 heterocycles. The van der Waals surface area contributed by atoms with E-state index in [2.05, 4.69) is 4.37 Å². The standard InChI is InChI=1S/C9H5Cl2NS/c10-6-1-2-7(8(11)5-6)9-3-4-12-13-9/h1-5H. The van der Waals surface area contributed by atoms with Crippen LogP contribution in [0.2, 0.25) is 10.0 Å². The van der Waals surface area contributed by atoms with E-state index < -0.39 is 0 Å². The van der Waals surface area contributed by atoms with Crippen molar-refractivity contribution in [2.45, 2.75) is 0 Å². The maximum atomic E-state index is 6.02. The largest absolute Gasteiger partial charge is 0.201 e. The summed E-state index contributed by atoms with van der Waals surface area (Å²) in [6, 6.07) is 7.39. The summed E-state index contributed by atoms with van der Waals surface area (Å²) in [4.78, 5) is 1.06. The molecule has 0 N–H and O–H groups in total. The Labute approximate surface area is 90.1 Å². The highest BCUT2D eigenvalue weighted by Crippen LogP contribution is 2.31. The van der Waals surface area contributed by atoms with Gasteiger partial charge in [-0.3, -0.25) is 0 Å². The van der Waals surface area contributed by atoms with Gasteiger partial charge in [0.15, 0.2) is 0 Å². The van der Waals surface area contributed by atoms with Crippen LogP contribution in [0.15, 0.2) is 30.5 Å². The molecule has 13 heavy (non-hydrogen) atoms. The summed E-state index contributed by atoms with van der Waals surface area (Å²) in [6.45, 7) is 0. The predicted molar refractivity (Wildman–Crippen MR) is 57.6 cm³/mol. The average Bonchev–Trinajstić information content (AvgIpc) is 2.56. The summed E-state index contributed by atoms with van der Waals surface area (Å²) in [5, 5.41) is 1.31. The van der Waals surface area contributed by atoms with Crippen LogP contribution in [0.1, 0.15) is 0 Å². The maximum Gasteiger partial charge on any atom is 0.0564 e. The number of halogens is 2. The monoisotopic (exact) mass is 229 g/mol. The number of rotatable bonds is 1. The molecule has 0 bridgehead atoms. The molecular formula is C9H5Cl2NS. The second-order valence-corrected chi connectivity index (χ2v) is 4.18. The topological polar surface area (TPSA) is 12.9 Å². The van der Waals surface area contributed by atoms with E-state index in [-0.39, 0.29) is 0 Å². The summed E-state index contributed by atoms with van der Waals surface area (Å²) >= 11 is 13.2. The fourth-order valence-electron chi connectivity index (χ4n) is 1.04. The van der Waals surface area contributed by atoms with Crippen LogP contribution in [0.4, 0.5) is 0 Å². The molecule has 0 unspecified atom stereocenters. The number of benzene rings is 1. The first kappa shape index (κ1) is 9.00. The molecule has 0 aliphatic rings. The molecular weight excluding hydrogens is 225 g/mol. The summed E-state index contributed by atoms with van der Waals surface area (Å²) in [6.07, 6.45) is 1.75. The zero-order valence-corrected chi connectivity index (χ0v) is 8.83. The van der Waals surface area contributed by atoms with Crippen LogP contribution in [0.5, 0.6) is 0 Å². The van der Waals surface area contributed by atoms with E-state index in [1.807, 2.05) is 18.2 Å². The lowest BCUT2D eigenvalue weighted by molar-refractivity contribution is 1.58. The lowest BCUT2D eigenvalue weighted by Gasteiger charge is -1.99. The fourth-order valence-corrected chi connectivity index (χ4v) is 2.24. The molecule has 0 atom stereocenters.